The minimum Gasteiger partial charge on any atom is -0.339 e. The van der Waals surface area contributed by atoms with Crippen molar-refractivity contribution in [1.82, 2.24) is 9.88 Å². The van der Waals surface area contributed by atoms with Gasteiger partial charge in [-0.05, 0) is 18.9 Å². The number of hydrogen-bond acceptors (Lipinski definition) is 3. The van der Waals surface area contributed by atoms with E-state index >= 15 is 0 Å². The molecule has 0 radical (unpaired) electrons. The van der Waals surface area contributed by atoms with E-state index in [2.05, 4.69) is 11.6 Å². The van der Waals surface area contributed by atoms with E-state index in [9.17, 15) is 4.79 Å². The van der Waals surface area contributed by atoms with Crippen LogP contribution in [-0.4, -0.2) is 28.9 Å². The molecule has 0 N–H and O–H groups in total. The molecule has 1 amide bonds. The standard InChI is InChI=1S/C11H14N2OS/c1-2-10(14)13-6-3-9(4-7-13)11-12-5-8-15-11/h2,5,8-9H,1,3-4,6-7H2. The summed E-state index contributed by atoms with van der Waals surface area (Å²) in [5.41, 5.74) is 0. The monoisotopic (exact) mass is 222 g/mol. The van der Waals surface area contributed by atoms with Crippen molar-refractivity contribution in [3.05, 3.63) is 29.2 Å². The molecule has 4 heteroatoms. The Bertz CT molecular complexity index is 339. The molecule has 1 saturated heterocycles. The molecule has 3 nitrogen and oxygen atoms in total. The summed E-state index contributed by atoms with van der Waals surface area (Å²) in [5, 5.41) is 3.22. The highest BCUT2D eigenvalue weighted by Gasteiger charge is 2.23. The number of piperidine rings is 1. The van der Waals surface area contributed by atoms with Crippen molar-refractivity contribution < 1.29 is 4.79 Å². The Labute approximate surface area is 93.4 Å². The lowest BCUT2D eigenvalue weighted by Gasteiger charge is -2.30. The Kier molecular flexibility index (Phi) is 3.16. The van der Waals surface area contributed by atoms with Crippen LogP contribution < -0.4 is 0 Å². The van der Waals surface area contributed by atoms with Crippen LogP contribution in [0.3, 0.4) is 0 Å². The van der Waals surface area contributed by atoms with Gasteiger partial charge in [-0.15, -0.1) is 11.3 Å². The number of carbonyl (C=O) groups is 1. The third kappa shape index (κ3) is 2.26. The van der Waals surface area contributed by atoms with E-state index in [1.54, 1.807) is 11.3 Å². The van der Waals surface area contributed by atoms with Crippen LogP contribution in [0.5, 0.6) is 0 Å². The van der Waals surface area contributed by atoms with Crippen LogP contribution in [0, 0.1) is 0 Å². The highest BCUT2D eigenvalue weighted by molar-refractivity contribution is 7.09. The Morgan fingerprint density at radius 2 is 2.33 bits per heavy atom. The lowest BCUT2D eigenvalue weighted by atomic mass is 9.97. The van der Waals surface area contributed by atoms with Crippen LogP contribution in [0.25, 0.3) is 0 Å². The third-order valence-corrected chi connectivity index (χ3v) is 3.72. The summed E-state index contributed by atoms with van der Waals surface area (Å²) in [6.07, 6.45) is 5.28. The summed E-state index contributed by atoms with van der Waals surface area (Å²) in [7, 11) is 0. The summed E-state index contributed by atoms with van der Waals surface area (Å²) < 4.78 is 0. The number of hydrogen-bond donors (Lipinski definition) is 0. The average Bonchev–Trinajstić information content (AvgIpc) is 2.82. The molecule has 0 atom stereocenters. The van der Waals surface area contributed by atoms with E-state index < -0.39 is 0 Å². The maximum absolute atomic E-state index is 11.4. The SMILES string of the molecule is C=CC(=O)N1CCC(c2nccs2)CC1. The molecule has 0 spiro atoms. The van der Waals surface area contributed by atoms with Gasteiger partial charge in [0, 0.05) is 30.6 Å². The molecule has 0 aromatic carbocycles. The summed E-state index contributed by atoms with van der Waals surface area (Å²) in [6.45, 7) is 5.16. The van der Waals surface area contributed by atoms with Gasteiger partial charge >= 0.3 is 0 Å². The zero-order valence-corrected chi connectivity index (χ0v) is 9.37. The second-order valence-corrected chi connectivity index (χ2v) is 4.60. The van der Waals surface area contributed by atoms with Crippen LogP contribution in [-0.2, 0) is 4.79 Å². The van der Waals surface area contributed by atoms with Crippen molar-refractivity contribution in [3.63, 3.8) is 0 Å². The molecule has 0 saturated carbocycles. The molecular weight excluding hydrogens is 208 g/mol. The summed E-state index contributed by atoms with van der Waals surface area (Å²) in [4.78, 5) is 17.5. The first-order valence-electron chi connectivity index (χ1n) is 5.12. The highest BCUT2D eigenvalue weighted by Crippen LogP contribution is 2.29. The summed E-state index contributed by atoms with van der Waals surface area (Å²) in [5.74, 6) is 0.589. The van der Waals surface area contributed by atoms with Gasteiger partial charge < -0.3 is 4.90 Å². The van der Waals surface area contributed by atoms with Gasteiger partial charge in [-0.1, -0.05) is 6.58 Å². The van der Waals surface area contributed by atoms with Crippen molar-refractivity contribution in [3.8, 4) is 0 Å². The minimum atomic E-state index is 0.0487. The van der Waals surface area contributed by atoms with E-state index in [1.165, 1.54) is 11.1 Å². The zero-order chi connectivity index (χ0) is 10.7. The molecule has 1 aromatic rings. The summed E-state index contributed by atoms with van der Waals surface area (Å²) in [6, 6.07) is 0. The summed E-state index contributed by atoms with van der Waals surface area (Å²) >= 11 is 1.71. The minimum absolute atomic E-state index is 0.0487. The van der Waals surface area contributed by atoms with Gasteiger partial charge in [0.05, 0.1) is 5.01 Å². The van der Waals surface area contributed by atoms with Crippen molar-refractivity contribution in [2.24, 2.45) is 0 Å². The van der Waals surface area contributed by atoms with E-state index in [4.69, 9.17) is 0 Å². The number of aromatic nitrogens is 1. The van der Waals surface area contributed by atoms with E-state index in [1.807, 2.05) is 16.5 Å². The quantitative estimate of drug-likeness (QED) is 0.717. The lowest BCUT2D eigenvalue weighted by molar-refractivity contribution is -0.127. The molecule has 80 valence electrons. The number of nitrogens with zero attached hydrogens (tertiary/aromatic N) is 2. The van der Waals surface area contributed by atoms with E-state index in [-0.39, 0.29) is 5.91 Å². The highest BCUT2D eigenvalue weighted by atomic mass is 32.1. The first-order valence-corrected chi connectivity index (χ1v) is 6.00. The Hall–Kier alpha value is -1.16. The van der Waals surface area contributed by atoms with E-state index in [0.29, 0.717) is 5.92 Å². The number of likely N-dealkylation sites (tertiary alicyclic amines) is 1. The number of thiazole rings is 1. The van der Waals surface area contributed by atoms with Crippen molar-refractivity contribution in [2.45, 2.75) is 18.8 Å². The molecule has 0 bridgehead atoms. The molecular formula is C11H14N2OS. The second kappa shape index (κ2) is 4.57. The first kappa shape index (κ1) is 10.4. The number of carbonyl (C=O) groups excluding carboxylic acids is 1. The van der Waals surface area contributed by atoms with Gasteiger partial charge in [0.15, 0.2) is 0 Å². The molecule has 1 aliphatic rings. The molecule has 2 rings (SSSR count). The fourth-order valence-electron chi connectivity index (χ4n) is 1.91. The Balaban J connectivity index is 1.92. The molecule has 1 fully saturated rings. The molecule has 1 aromatic heterocycles. The van der Waals surface area contributed by atoms with Crippen molar-refractivity contribution >= 4 is 17.2 Å². The van der Waals surface area contributed by atoms with Gasteiger partial charge in [-0.2, -0.15) is 0 Å². The van der Waals surface area contributed by atoms with Crippen LogP contribution >= 0.6 is 11.3 Å². The lowest BCUT2D eigenvalue weighted by Crippen LogP contribution is -2.36. The third-order valence-electron chi connectivity index (χ3n) is 2.78. The average molecular weight is 222 g/mol. The largest absolute Gasteiger partial charge is 0.339 e. The fraction of sp³-hybridized carbons (Fsp3) is 0.455. The van der Waals surface area contributed by atoms with E-state index in [0.717, 1.165) is 25.9 Å². The zero-order valence-electron chi connectivity index (χ0n) is 8.56. The maximum atomic E-state index is 11.4. The van der Waals surface area contributed by atoms with Crippen LogP contribution in [0.4, 0.5) is 0 Å². The first-order chi connectivity index (χ1) is 7.31. The predicted octanol–water partition coefficient (Wildman–Crippen LogP) is 2.04. The predicted molar refractivity (Wildman–Crippen MR) is 60.9 cm³/mol. The molecule has 1 aliphatic heterocycles. The van der Waals surface area contributed by atoms with Gasteiger partial charge in [0.1, 0.15) is 0 Å². The topological polar surface area (TPSA) is 33.2 Å². The molecule has 0 unspecified atom stereocenters. The van der Waals surface area contributed by atoms with Crippen LogP contribution in [0.15, 0.2) is 24.2 Å². The Morgan fingerprint density at radius 1 is 1.60 bits per heavy atom. The van der Waals surface area contributed by atoms with Crippen molar-refractivity contribution in [1.29, 1.82) is 0 Å². The molecule has 15 heavy (non-hydrogen) atoms. The normalized spacial score (nSPS) is 17.7. The van der Waals surface area contributed by atoms with Crippen molar-refractivity contribution in [2.75, 3.05) is 13.1 Å². The van der Waals surface area contributed by atoms with Crippen LogP contribution in [0.2, 0.25) is 0 Å². The van der Waals surface area contributed by atoms with Gasteiger partial charge in [-0.25, -0.2) is 4.98 Å². The van der Waals surface area contributed by atoms with Gasteiger partial charge in [0.25, 0.3) is 0 Å². The maximum Gasteiger partial charge on any atom is 0.245 e. The van der Waals surface area contributed by atoms with Crippen LogP contribution in [0.1, 0.15) is 23.8 Å². The Morgan fingerprint density at radius 3 is 2.87 bits per heavy atom. The smallest absolute Gasteiger partial charge is 0.245 e. The number of rotatable bonds is 2. The van der Waals surface area contributed by atoms with Gasteiger partial charge in [0.2, 0.25) is 5.91 Å². The molecule has 2 heterocycles. The number of amides is 1. The fourth-order valence-corrected chi connectivity index (χ4v) is 2.72. The molecule has 0 aliphatic carbocycles. The van der Waals surface area contributed by atoms with Gasteiger partial charge in [-0.3, -0.25) is 4.79 Å². The second-order valence-electron chi connectivity index (χ2n) is 3.67.